The maximum atomic E-state index is 12.1. The lowest BCUT2D eigenvalue weighted by Crippen LogP contribution is -2.17. The summed E-state index contributed by atoms with van der Waals surface area (Å²) in [5.74, 6) is -0.122. The van der Waals surface area contributed by atoms with Gasteiger partial charge in [-0.1, -0.05) is 12.1 Å². The molecule has 1 aromatic carbocycles. The number of carbonyl (C=O) groups is 1. The maximum absolute atomic E-state index is 12.1. The molecule has 0 saturated heterocycles. The fourth-order valence-corrected chi connectivity index (χ4v) is 1.83. The first-order valence-electron chi connectivity index (χ1n) is 6.02. The Balaban J connectivity index is 2.24. The number of carbonyl (C=O) groups excluding carboxylic acids is 1. The zero-order valence-corrected chi connectivity index (χ0v) is 10.9. The third kappa shape index (κ3) is 2.42. The molecule has 0 bridgehead atoms. The van der Waals surface area contributed by atoms with Crippen molar-refractivity contribution in [1.82, 2.24) is 9.78 Å². The van der Waals surface area contributed by atoms with Crippen LogP contribution in [0.1, 0.15) is 28.5 Å². The van der Waals surface area contributed by atoms with Crippen molar-refractivity contribution in [3.8, 4) is 0 Å². The molecule has 94 valence electrons. The molecule has 0 aliphatic heterocycles. The highest BCUT2D eigenvalue weighted by Crippen LogP contribution is 2.17. The van der Waals surface area contributed by atoms with Crippen LogP contribution >= 0.6 is 0 Å². The highest BCUT2D eigenvalue weighted by atomic mass is 16.2. The standard InChI is InChI=1S/C14H17N3O/c1-4-17-13(7-8-15-17)14(18)16-12-9-10(2)5-6-11(12)3/h5-9H,4H2,1-3H3,(H,16,18). The van der Waals surface area contributed by atoms with Crippen molar-refractivity contribution in [1.29, 1.82) is 0 Å². The zero-order valence-electron chi connectivity index (χ0n) is 10.9. The topological polar surface area (TPSA) is 46.9 Å². The Bertz CT molecular complexity index is 572. The molecule has 2 rings (SSSR count). The molecule has 0 unspecified atom stereocenters. The lowest BCUT2D eigenvalue weighted by molar-refractivity contribution is 0.101. The molecule has 0 aliphatic carbocycles. The summed E-state index contributed by atoms with van der Waals surface area (Å²) in [7, 11) is 0. The van der Waals surface area contributed by atoms with Gasteiger partial charge in [0.2, 0.25) is 0 Å². The average Bonchev–Trinajstić information content (AvgIpc) is 2.82. The molecule has 4 nitrogen and oxygen atoms in total. The number of hydrogen-bond donors (Lipinski definition) is 1. The van der Waals surface area contributed by atoms with Gasteiger partial charge in [-0.25, -0.2) is 0 Å². The number of anilines is 1. The number of amides is 1. The second kappa shape index (κ2) is 5.04. The first-order valence-corrected chi connectivity index (χ1v) is 6.02. The molecule has 0 fully saturated rings. The van der Waals surface area contributed by atoms with Crippen LogP contribution in [0, 0.1) is 13.8 Å². The summed E-state index contributed by atoms with van der Waals surface area (Å²) in [5, 5.41) is 7.02. The molecule has 2 aromatic rings. The van der Waals surface area contributed by atoms with Gasteiger partial charge in [-0.3, -0.25) is 9.48 Å². The van der Waals surface area contributed by atoms with Crippen LogP contribution in [0.25, 0.3) is 0 Å². The van der Waals surface area contributed by atoms with E-state index in [0.717, 1.165) is 16.8 Å². The molecule has 1 amide bonds. The molecule has 1 aromatic heterocycles. The second-order valence-corrected chi connectivity index (χ2v) is 4.30. The smallest absolute Gasteiger partial charge is 0.273 e. The molecule has 4 heteroatoms. The average molecular weight is 243 g/mol. The molecule has 0 radical (unpaired) electrons. The highest BCUT2D eigenvalue weighted by molar-refractivity contribution is 6.03. The Morgan fingerprint density at radius 2 is 2.11 bits per heavy atom. The van der Waals surface area contributed by atoms with E-state index in [2.05, 4.69) is 10.4 Å². The van der Waals surface area contributed by atoms with E-state index in [-0.39, 0.29) is 5.91 Å². The minimum atomic E-state index is -0.122. The van der Waals surface area contributed by atoms with Crippen LogP contribution < -0.4 is 5.32 Å². The van der Waals surface area contributed by atoms with Gasteiger partial charge in [-0.2, -0.15) is 5.10 Å². The van der Waals surface area contributed by atoms with Crippen molar-refractivity contribution >= 4 is 11.6 Å². The number of rotatable bonds is 3. The Morgan fingerprint density at radius 1 is 1.33 bits per heavy atom. The van der Waals surface area contributed by atoms with Crippen LogP contribution in [-0.2, 0) is 6.54 Å². The fraction of sp³-hybridized carbons (Fsp3) is 0.286. The summed E-state index contributed by atoms with van der Waals surface area (Å²) in [6, 6.07) is 7.73. The van der Waals surface area contributed by atoms with Crippen LogP contribution in [0.4, 0.5) is 5.69 Å². The van der Waals surface area contributed by atoms with Crippen LogP contribution in [0.5, 0.6) is 0 Å². The summed E-state index contributed by atoms with van der Waals surface area (Å²) in [4.78, 5) is 12.1. The van der Waals surface area contributed by atoms with Crippen LogP contribution in [-0.4, -0.2) is 15.7 Å². The van der Waals surface area contributed by atoms with Crippen molar-refractivity contribution in [2.24, 2.45) is 0 Å². The number of nitrogens with one attached hydrogen (secondary N) is 1. The lowest BCUT2D eigenvalue weighted by atomic mass is 10.1. The van der Waals surface area contributed by atoms with Gasteiger partial charge in [-0.05, 0) is 44.0 Å². The molecular weight excluding hydrogens is 226 g/mol. The summed E-state index contributed by atoms with van der Waals surface area (Å²) < 4.78 is 1.68. The molecule has 0 saturated carbocycles. The van der Waals surface area contributed by atoms with Gasteiger partial charge in [0.25, 0.3) is 5.91 Å². The predicted molar refractivity (Wildman–Crippen MR) is 71.8 cm³/mol. The highest BCUT2D eigenvalue weighted by Gasteiger charge is 2.12. The number of nitrogens with zero attached hydrogens (tertiary/aromatic N) is 2. The van der Waals surface area contributed by atoms with Gasteiger partial charge in [0, 0.05) is 18.4 Å². The van der Waals surface area contributed by atoms with Crippen molar-refractivity contribution in [3.63, 3.8) is 0 Å². The monoisotopic (exact) mass is 243 g/mol. The molecule has 1 heterocycles. The second-order valence-electron chi connectivity index (χ2n) is 4.30. The van der Waals surface area contributed by atoms with Gasteiger partial charge in [-0.15, -0.1) is 0 Å². The largest absolute Gasteiger partial charge is 0.320 e. The molecule has 0 spiro atoms. The Labute approximate surface area is 107 Å². The third-order valence-corrected chi connectivity index (χ3v) is 2.89. The Kier molecular flexibility index (Phi) is 3.46. The first kappa shape index (κ1) is 12.4. The van der Waals surface area contributed by atoms with Gasteiger partial charge in [0.1, 0.15) is 5.69 Å². The van der Waals surface area contributed by atoms with E-state index in [0.29, 0.717) is 12.2 Å². The van der Waals surface area contributed by atoms with Crippen LogP contribution in [0.15, 0.2) is 30.5 Å². The Morgan fingerprint density at radius 3 is 2.83 bits per heavy atom. The molecule has 1 N–H and O–H groups in total. The first-order chi connectivity index (χ1) is 8.61. The van der Waals surface area contributed by atoms with Crippen molar-refractivity contribution < 1.29 is 4.79 Å². The van der Waals surface area contributed by atoms with Gasteiger partial charge in [0.05, 0.1) is 0 Å². The number of hydrogen-bond acceptors (Lipinski definition) is 2. The quantitative estimate of drug-likeness (QED) is 0.901. The zero-order chi connectivity index (χ0) is 13.1. The van der Waals surface area contributed by atoms with E-state index in [4.69, 9.17) is 0 Å². The summed E-state index contributed by atoms with van der Waals surface area (Å²) in [6.45, 7) is 6.63. The molecular formula is C14H17N3O. The van der Waals surface area contributed by atoms with Crippen molar-refractivity contribution in [2.45, 2.75) is 27.3 Å². The maximum Gasteiger partial charge on any atom is 0.273 e. The molecule has 0 atom stereocenters. The SMILES string of the molecule is CCn1nccc1C(=O)Nc1cc(C)ccc1C. The predicted octanol–water partition coefficient (Wildman–Crippen LogP) is 2.77. The van der Waals surface area contributed by atoms with Gasteiger partial charge < -0.3 is 5.32 Å². The molecule has 18 heavy (non-hydrogen) atoms. The minimum Gasteiger partial charge on any atom is -0.320 e. The van der Waals surface area contributed by atoms with E-state index in [1.165, 1.54) is 0 Å². The van der Waals surface area contributed by atoms with E-state index >= 15 is 0 Å². The van der Waals surface area contributed by atoms with E-state index < -0.39 is 0 Å². The van der Waals surface area contributed by atoms with Gasteiger partial charge >= 0.3 is 0 Å². The number of aromatic nitrogens is 2. The van der Waals surface area contributed by atoms with Crippen molar-refractivity contribution in [2.75, 3.05) is 5.32 Å². The fourth-order valence-electron chi connectivity index (χ4n) is 1.83. The number of aryl methyl sites for hydroxylation is 3. The summed E-state index contributed by atoms with van der Waals surface area (Å²) >= 11 is 0. The van der Waals surface area contributed by atoms with Crippen molar-refractivity contribution in [3.05, 3.63) is 47.3 Å². The number of benzene rings is 1. The van der Waals surface area contributed by atoms with Crippen LogP contribution in [0.2, 0.25) is 0 Å². The lowest BCUT2D eigenvalue weighted by Gasteiger charge is -2.10. The van der Waals surface area contributed by atoms with E-state index in [9.17, 15) is 4.79 Å². The Hall–Kier alpha value is -2.10. The van der Waals surface area contributed by atoms with E-state index in [1.807, 2.05) is 39.0 Å². The van der Waals surface area contributed by atoms with Crippen LogP contribution in [0.3, 0.4) is 0 Å². The summed E-state index contributed by atoms with van der Waals surface area (Å²) in [5.41, 5.74) is 3.61. The molecule has 0 aliphatic rings. The minimum absolute atomic E-state index is 0.122. The van der Waals surface area contributed by atoms with Gasteiger partial charge in [0.15, 0.2) is 0 Å². The third-order valence-electron chi connectivity index (χ3n) is 2.89. The summed E-state index contributed by atoms with van der Waals surface area (Å²) in [6.07, 6.45) is 1.64. The normalized spacial score (nSPS) is 10.4. The van der Waals surface area contributed by atoms with E-state index in [1.54, 1.807) is 16.9 Å².